The van der Waals surface area contributed by atoms with Crippen molar-refractivity contribution in [1.29, 1.82) is 0 Å². The van der Waals surface area contributed by atoms with Crippen LogP contribution in [0.2, 0.25) is 0 Å². The van der Waals surface area contributed by atoms with Crippen LogP contribution in [-0.2, 0) is 24.0 Å². The Morgan fingerprint density at radius 3 is 0.850 bits per heavy atom. The van der Waals surface area contributed by atoms with Crippen LogP contribution in [0.3, 0.4) is 0 Å². The third-order valence-corrected chi connectivity index (χ3v) is 22.2. The van der Waals surface area contributed by atoms with Crippen LogP contribution in [0.15, 0.2) is 18.2 Å². The average molecular weight is 1710 g/mol. The number of carbonyl (C=O) groups excluding carboxylic acids is 6. The smallest absolute Gasteiger partial charge is 0.237 e. The van der Waals surface area contributed by atoms with E-state index in [0.29, 0.717) is 25.0 Å². The monoisotopic (exact) mass is 1710 g/mol. The number of hydrogen-bond acceptors (Lipinski definition) is 25. The normalized spacial score (nSPS) is 15.9. The first-order valence-corrected chi connectivity index (χ1v) is 48.3. The first-order valence-electron chi connectivity index (χ1n) is 48.3. The highest BCUT2D eigenvalue weighted by molar-refractivity contribution is 5.98. The summed E-state index contributed by atoms with van der Waals surface area (Å²) in [4.78, 5) is 90.4. The fraction of sp³-hybridized carbons (Fsp3) is 0.872. The summed E-state index contributed by atoms with van der Waals surface area (Å²) in [5.41, 5.74) is 2.77. The number of Topliss-reactive ketones (excluding diaryl/α,β-unsaturated/α-hetero) is 5. The molecule has 1 aromatic carbocycles. The number of benzene rings is 1. The number of likely N-dealkylation sites (N-methyl/N-ethyl adjacent to an activating group) is 12. The molecule has 0 bridgehead atoms. The van der Waals surface area contributed by atoms with Crippen LogP contribution in [0, 0.1) is 0 Å². The molecule has 12 N–H and O–H groups in total. The van der Waals surface area contributed by atoms with Gasteiger partial charge < -0.3 is 103 Å². The molecular formula is C94H200N20O6. The molecule has 5 unspecified atom stereocenters. The number of unbranched alkanes of at least 4 members (excludes halogenated alkanes) is 5. The van der Waals surface area contributed by atoms with Crippen molar-refractivity contribution in [2.24, 2.45) is 0 Å². The molecule has 0 aliphatic carbocycles. The van der Waals surface area contributed by atoms with Gasteiger partial charge >= 0.3 is 0 Å². The Morgan fingerprint density at radius 1 is 0.325 bits per heavy atom. The number of anilines is 2. The van der Waals surface area contributed by atoms with E-state index in [2.05, 4.69) is 172 Å². The number of rotatable bonds is 53. The predicted octanol–water partition coefficient (Wildman–Crippen LogP) is 10.4. The van der Waals surface area contributed by atoms with E-state index >= 15 is 0 Å². The van der Waals surface area contributed by atoms with Crippen molar-refractivity contribution < 1.29 is 28.8 Å². The van der Waals surface area contributed by atoms with Gasteiger partial charge in [0.25, 0.3) is 0 Å². The highest BCUT2D eigenvalue weighted by Crippen LogP contribution is 2.20. The Labute approximate surface area is 740 Å². The summed E-state index contributed by atoms with van der Waals surface area (Å²) in [5.74, 6) is 1.08. The fourth-order valence-corrected chi connectivity index (χ4v) is 13.8. The first-order chi connectivity index (χ1) is 57.9. The van der Waals surface area contributed by atoms with Crippen molar-refractivity contribution in [3.05, 3.63) is 23.8 Å². The third-order valence-electron chi connectivity index (χ3n) is 22.2. The molecule has 712 valence electrons. The van der Waals surface area contributed by atoms with Crippen molar-refractivity contribution >= 4 is 46.2 Å². The van der Waals surface area contributed by atoms with Crippen molar-refractivity contribution in [3.63, 3.8) is 0 Å². The molecule has 26 heteroatoms. The Kier molecular flexibility index (Phi) is 94.6. The van der Waals surface area contributed by atoms with Crippen LogP contribution in [0.4, 0.5) is 11.4 Å². The Bertz CT molecular complexity index is 2320. The topological polar surface area (TPSA) is 273 Å². The molecular weight excluding hydrogens is 1510 g/mol. The van der Waals surface area contributed by atoms with E-state index in [-0.39, 0.29) is 59.2 Å². The number of amides is 1. The average Bonchev–Trinajstić information content (AvgIpc) is 0.853. The standard InChI is InChI=1S/C20H42N4O2.C16H36N4.C15H34N4.C13H20N2O.C10H22N2O.2C9H20N2O.C2H6/c1-5-19(25)17(13-9-11-15-21-6-2)24-20(26)18(23-8-4)14-10-12-16-22-7-3;1-5-17-9-11-18(6-2)13-15-20(8-4)16-14-19(7-3)12-10-17;1-5-17-10-8-16(4)9-11-18(6-2)13-15-19(7-3)14-12-17;1-4-13(16)10-7-11(14-5-2)9-12(8-10)15-6-3;1-4-10(13)9(12-3)7-5-6-8-11-2;2*1-8(12)9(11-3)6-4-5-7-10-2;1-2/h17-18,21-23H,5-16H2,1-4H3,(H,24,26);5-16H2,1-4H3;5-15H2,1-4H3;7-9,14-15H,4-6H2,1-3H3;9,11-12H,4-8H2,1-3H3;2*9-11H,4-7H2,1-3H3;1-2H3. The number of hydrogen-bond donors (Lipinski definition) is 12. The molecule has 26 nitrogen and oxygen atoms in total. The van der Waals surface area contributed by atoms with E-state index in [9.17, 15) is 28.8 Å². The van der Waals surface area contributed by atoms with Crippen LogP contribution in [0.25, 0.3) is 0 Å². The van der Waals surface area contributed by atoms with Gasteiger partial charge in [0.05, 0.1) is 30.2 Å². The SMILES string of the molecule is CC.CCC(=O)C(CCCCNC)NC.CCN1CCN(C)CCN(CC)CCN(CC)CC1.CCN1CCN(CC)CCN(CC)CCN(CC)CC1.CCNCCCCC(NC(=O)C(CCCCNCC)NCC)C(=O)CC.CCNc1cc(NCC)cc(C(=O)CC)c1.CNCCCCC(NC)C(C)=O.CNCCCCC(NC)C(C)=O. The first kappa shape index (κ1) is 124. The summed E-state index contributed by atoms with van der Waals surface area (Å²) in [5, 5.41) is 37.7. The quantitative estimate of drug-likeness (QED) is 0.0213. The molecule has 3 rings (SSSR count). The van der Waals surface area contributed by atoms with E-state index in [4.69, 9.17) is 0 Å². The van der Waals surface area contributed by atoms with Gasteiger partial charge in [0, 0.05) is 154 Å². The summed E-state index contributed by atoms with van der Waals surface area (Å²) < 4.78 is 0. The molecule has 0 spiro atoms. The summed E-state index contributed by atoms with van der Waals surface area (Å²) in [7, 11) is 13.6. The molecule has 2 aliphatic rings. The van der Waals surface area contributed by atoms with Gasteiger partial charge in [0.1, 0.15) is 17.3 Å². The van der Waals surface area contributed by atoms with Crippen LogP contribution in [0.1, 0.15) is 257 Å². The van der Waals surface area contributed by atoms with E-state index < -0.39 is 0 Å². The van der Waals surface area contributed by atoms with Crippen LogP contribution in [0.5, 0.6) is 0 Å². The fourth-order valence-electron chi connectivity index (χ4n) is 13.8. The van der Waals surface area contributed by atoms with Crippen molar-refractivity contribution in [2.75, 3.05) is 276 Å². The Morgan fingerprint density at radius 2 is 0.600 bits per heavy atom. The summed E-state index contributed by atoms with van der Waals surface area (Å²) >= 11 is 0. The number of nitrogens with zero attached hydrogens (tertiary/aromatic N) is 8. The zero-order valence-electron chi connectivity index (χ0n) is 83.2. The van der Waals surface area contributed by atoms with Crippen molar-refractivity contribution in [3.8, 4) is 0 Å². The highest BCUT2D eigenvalue weighted by atomic mass is 16.2. The molecule has 120 heavy (non-hydrogen) atoms. The van der Waals surface area contributed by atoms with Crippen molar-refractivity contribution in [2.45, 2.75) is 277 Å². The zero-order chi connectivity index (χ0) is 91.4. The second-order valence-electron chi connectivity index (χ2n) is 31.0. The number of carbonyl (C=O) groups is 6. The van der Waals surface area contributed by atoms with Crippen LogP contribution < -0.4 is 63.8 Å². The molecule has 0 radical (unpaired) electrons. The molecule has 5 atom stereocenters. The Balaban J connectivity index is -0.000000434. The maximum absolute atomic E-state index is 12.7. The maximum Gasteiger partial charge on any atom is 0.237 e. The predicted molar refractivity (Wildman–Crippen MR) is 521 cm³/mol. The number of nitrogens with one attached hydrogen (secondary N) is 12. The minimum Gasteiger partial charge on any atom is -0.385 e. The van der Waals surface area contributed by atoms with Crippen molar-refractivity contribution in [1.82, 2.24) is 92.4 Å². The summed E-state index contributed by atoms with van der Waals surface area (Å²) in [6.07, 6.45) is 16.8. The summed E-state index contributed by atoms with van der Waals surface area (Å²) in [6.45, 7) is 76.3. The minimum absolute atomic E-state index is 0.0335. The lowest BCUT2D eigenvalue weighted by Crippen LogP contribution is -2.50. The summed E-state index contributed by atoms with van der Waals surface area (Å²) in [6, 6.07) is 5.48. The van der Waals surface area contributed by atoms with Gasteiger partial charge in [-0.15, -0.1) is 0 Å². The van der Waals surface area contributed by atoms with Gasteiger partial charge in [0.2, 0.25) is 5.91 Å². The molecule has 2 heterocycles. The number of ketones is 5. The molecule has 1 aromatic rings. The van der Waals surface area contributed by atoms with Crippen LogP contribution >= 0.6 is 0 Å². The van der Waals surface area contributed by atoms with E-state index in [0.717, 1.165) is 179 Å². The van der Waals surface area contributed by atoms with E-state index in [1.165, 1.54) is 151 Å². The van der Waals surface area contributed by atoms with E-state index in [1.807, 2.05) is 116 Å². The molecule has 0 saturated carbocycles. The Hall–Kier alpha value is -4.04. The van der Waals surface area contributed by atoms with E-state index in [1.54, 1.807) is 13.8 Å². The minimum atomic E-state index is -0.350. The van der Waals surface area contributed by atoms with Gasteiger partial charge in [0.15, 0.2) is 11.6 Å². The van der Waals surface area contributed by atoms with Gasteiger partial charge in [-0.1, -0.05) is 130 Å². The highest BCUT2D eigenvalue weighted by Gasteiger charge is 2.25. The lowest BCUT2D eigenvalue weighted by atomic mass is 10.0. The lowest BCUT2D eigenvalue weighted by Gasteiger charge is -2.33. The molecule has 2 aliphatic heterocycles. The van der Waals surface area contributed by atoms with Gasteiger partial charge in [-0.2, -0.15) is 0 Å². The third kappa shape index (κ3) is 71.1. The lowest BCUT2D eigenvalue weighted by molar-refractivity contribution is -0.129. The second kappa shape index (κ2) is 91.2. The molecule has 2 fully saturated rings. The largest absolute Gasteiger partial charge is 0.385 e. The maximum atomic E-state index is 12.7. The molecule has 2 saturated heterocycles. The molecule has 0 aromatic heterocycles. The molecule has 1 amide bonds. The van der Waals surface area contributed by atoms with Gasteiger partial charge in [-0.3, -0.25) is 28.8 Å². The van der Waals surface area contributed by atoms with Gasteiger partial charge in [-0.05, 0) is 264 Å². The van der Waals surface area contributed by atoms with Gasteiger partial charge in [-0.25, -0.2) is 0 Å². The second-order valence-corrected chi connectivity index (χ2v) is 31.0. The van der Waals surface area contributed by atoms with Crippen LogP contribution in [-0.4, -0.2) is 370 Å². The zero-order valence-corrected chi connectivity index (χ0v) is 83.2.